The number of piperazine rings is 1. The second kappa shape index (κ2) is 8.66. The Hall–Kier alpha value is -1.87. The molecule has 4 heterocycles. The number of aryl methyl sites for hydroxylation is 1. The van der Waals surface area contributed by atoms with Crippen molar-refractivity contribution in [1.82, 2.24) is 15.2 Å². The fraction of sp³-hybridized carbons (Fsp3) is 0.760. The van der Waals surface area contributed by atoms with Gasteiger partial charge in [0.15, 0.2) is 0 Å². The minimum absolute atomic E-state index is 0.00125. The van der Waals surface area contributed by atoms with E-state index in [4.69, 9.17) is 4.74 Å². The van der Waals surface area contributed by atoms with Crippen LogP contribution in [0.4, 0.5) is 19.0 Å². The van der Waals surface area contributed by atoms with Crippen molar-refractivity contribution >= 4 is 11.7 Å². The monoisotopic (exact) mass is 480 g/mol. The minimum atomic E-state index is -4.40. The van der Waals surface area contributed by atoms with Crippen LogP contribution in [0.5, 0.6) is 0 Å². The van der Waals surface area contributed by atoms with Gasteiger partial charge >= 0.3 is 6.18 Å². The molecular weight excluding hydrogens is 445 g/mol. The highest BCUT2D eigenvalue weighted by Crippen LogP contribution is 2.53. The molecule has 1 spiro atoms. The maximum Gasteiger partial charge on any atom is 0.416 e. The predicted molar refractivity (Wildman–Crippen MR) is 122 cm³/mol. The molecule has 1 aromatic rings. The van der Waals surface area contributed by atoms with E-state index in [0.717, 1.165) is 51.0 Å². The number of halogens is 3. The van der Waals surface area contributed by atoms with E-state index >= 15 is 0 Å². The number of carbonyl (C=O) groups excluding carboxylic acids is 1. The Morgan fingerprint density at radius 3 is 2.74 bits per heavy atom. The molecule has 6 nitrogen and oxygen atoms in total. The number of alkyl halides is 3. The minimum Gasteiger partial charge on any atom is -0.381 e. The van der Waals surface area contributed by atoms with Gasteiger partial charge in [-0.1, -0.05) is 13.8 Å². The molecular formula is C25H35F3N4O2. The van der Waals surface area contributed by atoms with Crippen LogP contribution >= 0.6 is 0 Å². The van der Waals surface area contributed by atoms with Gasteiger partial charge in [-0.3, -0.25) is 4.79 Å². The zero-order valence-electron chi connectivity index (χ0n) is 20.2. The molecule has 3 saturated heterocycles. The van der Waals surface area contributed by atoms with Crippen LogP contribution < -0.4 is 10.2 Å². The highest BCUT2D eigenvalue weighted by Gasteiger charge is 2.60. The number of nitrogens with zero attached hydrogens (tertiary/aromatic N) is 3. The zero-order chi connectivity index (χ0) is 24.3. The summed E-state index contributed by atoms with van der Waals surface area (Å²) in [4.78, 5) is 22.0. The summed E-state index contributed by atoms with van der Waals surface area (Å²) in [7, 11) is 0. The Morgan fingerprint density at radius 2 is 2.00 bits per heavy atom. The molecule has 6 atom stereocenters. The third-order valence-corrected chi connectivity index (χ3v) is 8.79. The van der Waals surface area contributed by atoms with E-state index in [2.05, 4.69) is 24.1 Å². The molecule has 34 heavy (non-hydrogen) atoms. The normalized spacial score (nSPS) is 36.4. The third kappa shape index (κ3) is 4.08. The van der Waals surface area contributed by atoms with Gasteiger partial charge in [0.1, 0.15) is 5.82 Å². The van der Waals surface area contributed by atoms with Gasteiger partial charge in [0, 0.05) is 44.0 Å². The fourth-order valence-corrected chi connectivity index (χ4v) is 6.78. The summed E-state index contributed by atoms with van der Waals surface area (Å²) in [6.07, 6.45) is -0.708. The molecule has 0 bridgehead atoms. The number of carbonyl (C=O) groups is 1. The molecule has 4 aliphatic rings. The lowest BCUT2D eigenvalue weighted by Crippen LogP contribution is -2.53. The number of anilines is 1. The summed E-state index contributed by atoms with van der Waals surface area (Å²) in [5, 5.41) is 3.82. The molecule has 1 saturated carbocycles. The Kier molecular flexibility index (Phi) is 6.07. The molecule has 1 aliphatic carbocycles. The van der Waals surface area contributed by atoms with Crippen molar-refractivity contribution in [2.24, 2.45) is 17.3 Å². The van der Waals surface area contributed by atoms with Crippen LogP contribution in [0, 0.1) is 24.2 Å². The van der Waals surface area contributed by atoms with Crippen LogP contribution in [-0.4, -0.2) is 66.8 Å². The molecule has 1 amide bonds. The largest absolute Gasteiger partial charge is 0.416 e. The summed E-state index contributed by atoms with van der Waals surface area (Å²) >= 11 is 0. The molecule has 1 N–H and O–H groups in total. The van der Waals surface area contributed by atoms with Gasteiger partial charge in [-0.25, -0.2) is 4.98 Å². The molecule has 0 aromatic carbocycles. The van der Waals surface area contributed by atoms with Crippen LogP contribution in [0.1, 0.15) is 50.8 Å². The van der Waals surface area contributed by atoms with Crippen molar-refractivity contribution < 1.29 is 22.7 Å². The molecule has 9 heteroatoms. The number of rotatable bonds is 3. The Labute approximate surface area is 199 Å². The number of hydrogen-bond acceptors (Lipinski definition) is 5. The Bertz CT molecular complexity index is 941. The van der Waals surface area contributed by atoms with Crippen molar-refractivity contribution in [3.8, 4) is 0 Å². The van der Waals surface area contributed by atoms with Gasteiger partial charge in [-0.05, 0) is 56.6 Å². The second-order valence-corrected chi connectivity index (χ2v) is 10.9. The second-order valence-electron chi connectivity index (χ2n) is 10.9. The Morgan fingerprint density at radius 1 is 1.21 bits per heavy atom. The van der Waals surface area contributed by atoms with Gasteiger partial charge in [0.05, 0.1) is 23.6 Å². The molecule has 1 aromatic heterocycles. The molecule has 3 aliphatic heterocycles. The summed E-state index contributed by atoms with van der Waals surface area (Å²) in [6.45, 7) is 9.08. The first-order chi connectivity index (χ1) is 16.1. The number of pyridine rings is 1. The SMILES string of the molecule is Cc1cc(C(F)(F)F)cc(N2CCN3C(=O)[C@]4(CC[C@@H](NC5CCOCC5C)C4)C(C)C3C2)n1. The fourth-order valence-electron chi connectivity index (χ4n) is 6.78. The molecule has 4 fully saturated rings. The van der Waals surface area contributed by atoms with Gasteiger partial charge in [0.2, 0.25) is 5.91 Å². The molecule has 5 rings (SSSR count). The number of amides is 1. The summed E-state index contributed by atoms with van der Waals surface area (Å²) < 4.78 is 45.7. The van der Waals surface area contributed by atoms with Crippen LogP contribution in [0.15, 0.2) is 12.1 Å². The van der Waals surface area contributed by atoms with Crippen LogP contribution in [0.25, 0.3) is 0 Å². The number of ether oxygens (including phenoxy) is 1. The van der Waals surface area contributed by atoms with Gasteiger partial charge < -0.3 is 19.9 Å². The van der Waals surface area contributed by atoms with Crippen LogP contribution in [0.3, 0.4) is 0 Å². The lowest BCUT2D eigenvalue weighted by Gasteiger charge is -2.39. The van der Waals surface area contributed by atoms with Crippen molar-refractivity contribution in [3.05, 3.63) is 23.4 Å². The van der Waals surface area contributed by atoms with Gasteiger partial charge in [-0.2, -0.15) is 13.2 Å². The standard InChI is InChI=1S/C25H35F3N4O2/c1-15-14-34-9-5-20(15)30-19-4-6-24(12-19)17(3)21-13-31(7-8-32(21)23(24)33)22-11-18(25(26,27)28)10-16(2)29-22/h10-11,15,17,19-21,30H,4-9,12-14H2,1-3H3/t15?,17?,19-,20?,21?,24+/m1/s1. The Balaban J connectivity index is 1.31. The average molecular weight is 481 g/mol. The number of nitrogens with one attached hydrogen (secondary N) is 1. The molecule has 4 unspecified atom stereocenters. The lowest BCUT2D eigenvalue weighted by molar-refractivity contribution is -0.138. The van der Waals surface area contributed by atoms with E-state index in [9.17, 15) is 18.0 Å². The van der Waals surface area contributed by atoms with E-state index in [1.807, 2.05) is 9.80 Å². The molecule has 188 valence electrons. The first-order valence-corrected chi connectivity index (χ1v) is 12.5. The smallest absolute Gasteiger partial charge is 0.381 e. The van der Waals surface area contributed by atoms with Crippen LogP contribution in [0.2, 0.25) is 0 Å². The quantitative estimate of drug-likeness (QED) is 0.716. The maximum atomic E-state index is 13.7. The summed E-state index contributed by atoms with van der Waals surface area (Å²) in [5.74, 6) is 1.20. The van der Waals surface area contributed by atoms with E-state index in [1.165, 1.54) is 0 Å². The van der Waals surface area contributed by atoms with Gasteiger partial charge in [0.25, 0.3) is 0 Å². The maximum absolute atomic E-state index is 13.7. The van der Waals surface area contributed by atoms with Crippen molar-refractivity contribution in [2.45, 2.75) is 70.8 Å². The van der Waals surface area contributed by atoms with Crippen molar-refractivity contribution in [2.75, 3.05) is 37.7 Å². The van der Waals surface area contributed by atoms with E-state index < -0.39 is 11.7 Å². The van der Waals surface area contributed by atoms with E-state index in [-0.39, 0.29) is 23.3 Å². The lowest BCUT2D eigenvalue weighted by atomic mass is 9.74. The average Bonchev–Trinajstić information content (AvgIpc) is 3.30. The van der Waals surface area contributed by atoms with Gasteiger partial charge in [-0.15, -0.1) is 0 Å². The summed E-state index contributed by atoms with van der Waals surface area (Å²) in [6, 6.07) is 2.97. The number of fused-ring (bicyclic) bond motifs is 1. The first-order valence-electron chi connectivity index (χ1n) is 12.5. The highest BCUT2D eigenvalue weighted by atomic mass is 19.4. The topological polar surface area (TPSA) is 57.7 Å². The number of aromatic nitrogens is 1. The first kappa shape index (κ1) is 23.9. The van der Waals surface area contributed by atoms with Crippen molar-refractivity contribution in [3.63, 3.8) is 0 Å². The summed E-state index contributed by atoms with van der Waals surface area (Å²) in [5.41, 5.74) is -0.688. The van der Waals surface area contributed by atoms with Crippen molar-refractivity contribution in [1.29, 1.82) is 0 Å². The number of hydrogen-bond donors (Lipinski definition) is 1. The predicted octanol–water partition coefficient (Wildman–Crippen LogP) is 3.63. The van der Waals surface area contributed by atoms with Crippen LogP contribution in [-0.2, 0) is 15.7 Å². The highest BCUT2D eigenvalue weighted by molar-refractivity contribution is 5.87. The van der Waals surface area contributed by atoms with E-state index in [1.54, 1.807) is 6.92 Å². The molecule has 0 radical (unpaired) electrons. The van der Waals surface area contributed by atoms with E-state index in [0.29, 0.717) is 49.1 Å². The third-order valence-electron chi connectivity index (χ3n) is 8.79. The zero-order valence-corrected chi connectivity index (χ0v) is 20.2.